The van der Waals surface area contributed by atoms with E-state index in [0.717, 1.165) is 13.1 Å². The maximum Gasteiger partial charge on any atom is 0.0491 e. The first-order valence-electron chi connectivity index (χ1n) is 38.4. The van der Waals surface area contributed by atoms with E-state index in [2.05, 4.69) is 394 Å². The Labute approximate surface area is 634 Å². The van der Waals surface area contributed by atoms with E-state index in [1.54, 1.807) is 0 Å². The van der Waals surface area contributed by atoms with Gasteiger partial charge in [0.25, 0.3) is 0 Å². The second kappa shape index (κ2) is 27.4. The van der Waals surface area contributed by atoms with E-state index in [4.69, 9.17) is 0 Å². The number of nitrogens with zero attached hydrogens (tertiary/aromatic N) is 2. The van der Waals surface area contributed by atoms with Crippen LogP contribution in [0.2, 0.25) is 0 Å². The van der Waals surface area contributed by atoms with Crippen molar-refractivity contribution in [3.8, 4) is 100 Å². The van der Waals surface area contributed by atoms with E-state index in [0.29, 0.717) is 0 Å². The molecule has 2 aromatic heterocycles. The molecular formula is C106H86N2. The second-order valence-corrected chi connectivity index (χ2v) is 30.0. The number of aromatic nitrogens is 2. The summed E-state index contributed by atoms with van der Waals surface area (Å²) in [5, 5.41) is 15.7. The van der Waals surface area contributed by atoms with Crippen molar-refractivity contribution in [3.63, 3.8) is 0 Å². The Morgan fingerprint density at radius 2 is 0.343 bits per heavy atom. The first-order valence-corrected chi connectivity index (χ1v) is 38.4. The molecule has 0 aliphatic heterocycles. The van der Waals surface area contributed by atoms with Crippen LogP contribution in [0.3, 0.4) is 0 Å². The van der Waals surface area contributed by atoms with E-state index < -0.39 is 0 Å². The van der Waals surface area contributed by atoms with Gasteiger partial charge in [0, 0.05) is 56.7 Å². The van der Waals surface area contributed by atoms with Crippen LogP contribution in [-0.4, -0.2) is 9.13 Å². The molecular weight excluding hydrogens is 1300 g/mol. The summed E-state index contributed by atoms with van der Waals surface area (Å²) in [6.45, 7) is 24.3. The predicted molar refractivity (Wildman–Crippen MR) is 467 cm³/mol. The van der Waals surface area contributed by atoms with E-state index in [9.17, 15) is 0 Å². The van der Waals surface area contributed by atoms with Gasteiger partial charge in [0.2, 0.25) is 0 Å². The van der Waals surface area contributed by atoms with E-state index in [-0.39, 0.29) is 0 Å². The summed E-state index contributed by atoms with van der Waals surface area (Å²) in [5.74, 6) is 0. The molecule has 0 spiro atoms. The van der Waals surface area contributed by atoms with Gasteiger partial charge in [-0.25, -0.2) is 0 Å². The third kappa shape index (κ3) is 11.7. The van der Waals surface area contributed by atoms with Gasteiger partial charge in [-0.3, -0.25) is 0 Å². The third-order valence-electron chi connectivity index (χ3n) is 23.7. The van der Waals surface area contributed by atoms with E-state index >= 15 is 0 Å². The Bertz CT molecular complexity index is 6610. The molecule has 0 aliphatic carbocycles. The summed E-state index contributed by atoms with van der Waals surface area (Å²) in [6.07, 6.45) is 0. The quantitative estimate of drug-likeness (QED) is 0.114. The number of hydrogen-bond donors (Lipinski definition) is 0. The first-order chi connectivity index (χ1) is 52.7. The number of benzene rings is 17. The highest BCUT2D eigenvalue weighted by molar-refractivity contribution is 6.24. The summed E-state index contributed by atoms with van der Waals surface area (Å²) in [5.41, 5.74) is 38.2. The van der Waals surface area contributed by atoms with Gasteiger partial charge in [0.1, 0.15) is 0 Å². The number of hydrogen-bond acceptors (Lipinski definition) is 0. The highest BCUT2D eigenvalue weighted by atomic mass is 15.0. The van der Waals surface area contributed by atoms with Gasteiger partial charge in [-0.1, -0.05) is 279 Å². The van der Waals surface area contributed by atoms with Gasteiger partial charge in [-0.15, -0.1) is 0 Å². The van der Waals surface area contributed by atoms with Crippen molar-refractivity contribution in [2.45, 2.75) is 82.3 Å². The van der Waals surface area contributed by atoms with Crippen molar-refractivity contribution in [2.75, 3.05) is 0 Å². The smallest absolute Gasteiger partial charge is 0.0491 e. The van der Waals surface area contributed by atoms with Gasteiger partial charge in [0.15, 0.2) is 0 Å². The summed E-state index contributed by atoms with van der Waals surface area (Å²) in [6, 6.07) is 118. The molecule has 0 atom stereocenters. The first kappa shape index (κ1) is 67.3. The summed E-state index contributed by atoms with van der Waals surface area (Å²) in [4.78, 5) is 0. The van der Waals surface area contributed by atoms with Crippen molar-refractivity contribution >= 4 is 86.7 Å². The fraction of sp³-hybridized carbons (Fsp3) is 0.113. The Balaban J connectivity index is 0.000000153. The predicted octanol–water partition coefficient (Wildman–Crippen LogP) is 29.7. The molecule has 0 N–H and O–H groups in total. The number of para-hydroxylation sites is 2. The van der Waals surface area contributed by atoms with Crippen LogP contribution in [0, 0.1) is 55.4 Å². The zero-order chi connectivity index (χ0) is 73.6. The Morgan fingerprint density at radius 3 is 0.602 bits per heavy atom. The highest BCUT2D eigenvalue weighted by Gasteiger charge is 2.23. The molecule has 19 aromatic rings. The molecule has 17 aromatic carbocycles. The Morgan fingerprint density at radius 1 is 0.157 bits per heavy atom. The molecule has 0 radical (unpaired) electrons. The van der Waals surface area contributed by atoms with Crippen LogP contribution < -0.4 is 0 Å². The van der Waals surface area contributed by atoms with Crippen molar-refractivity contribution < 1.29 is 0 Å². The van der Waals surface area contributed by atoms with Crippen LogP contribution in [0.4, 0.5) is 0 Å². The molecule has 0 amide bonds. The topological polar surface area (TPSA) is 9.86 Å². The highest BCUT2D eigenvalue weighted by Crippen LogP contribution is 2.49. The van der Waals surface area contributed by atoms with E-state index in [1.165, 1.54) is 231 Å². The minimum atomic E-state index is 0.956. The van der Waals surface area contributed by atoms with Crippen LogP contribution in [0.1, 0.15) is 58.4 Å². The van der Waals surface area contributed by atoms with Crippen LogP contribution in [-0.2, 0) is 13.1 Å². The Kier molecular flexibility index (Phi) is 17.1. The van der Waals surface area contributed by atoms with Crippen LogP contribution >= 0.6 is 0 Å². The third-order valence-corrected chi connectivity index (χ3v) is 23.7. The lowest BCUT2D eigenvalue weighted by Crippen LogP contribution is -1.95. The van der Waals surface area contributed by atoms with Gasteiger partial charge < -0.3 is 9.13 Å². The maximum absolute atomic E-state index is 2.42. The molecule has 0 bridgehead atoms. The van der Waals surface area contributed by atoms with Gasteiger partial charge >= 0.3 is 0 Å². The Hall–Kier alpha value is -12.6. The fourth-order valence-electron chi connectivity index (χ4n) is 17.3. The molecule has 2 nitrogen and oxygen atoms in total. The number of fused-ring (bicyclic) bond motifs is 10. The minimum Gasteiger partial charge on any atom is -0.341 e. The zero-order valence-electron chi connectivity index (χ0n) is 63.3. The molecule has 0 fully saturated rings. The standard InChI is InChI=1S/C56H45N.C50H41N/c1-6-57-53-15-11-10-14-47(53)48-34-46(28-29-54(48)57)43-18-16-41(17-19-43)42-22-26-45(27-23-42)56-51-32-37(4)35(2)30-49(51)55(50-31-36(3)38(5)33-52(50)56)44-24-20-40(21-25-44)39-12-8-7-9-13-39;1-6-51-47-15-11-10-14-41(47)42-30-40(24-25-48(42)51)37-18-16-35(17-19-37)36-20-22-39(23-21-36)50-45-28-33(4)31(2)26-43(45)49(38-12-8-7-9-13-38)44-27-32(3)34(5)29-46(44)50/h7-34H,6H2,1-5H3;7-30H,6H2,1-5H3. The largest absolute Gasteiger partial charge is 0.341 e. The van der Waals surface area contributed by atoms with E-state index in [1.807, 2.05) is 0 Å². The molecule has 0 saturated carbocycles. The lowest BCUT2D eigenvalue weighted by molar-refractivity contribution is 0.827. The second-order valence-electron chi connectivity index (χ2n) is 30.0. The zero-order valence-corrected chi connectivity index (χ0v) is 63.3. The van der Waals surface area contributed by atoms with Crippen LogP contribution in [0.5, 0.6) is 0 Å². The fourth-order valence-corrected chi connectivity index (χ4v) is 17.3. The lowest BCUT2D eigenvalue weighted by Gasteiger charge is -2.21. The van der Waals surface area contributed by atoms with Crippen molar-refractivity contribution in [1.29, 1.82) is 0 Å². The van der Waals surface area contributed by atoms with Gasteiger partial charge in [0.05, 0.1) is 0 Å². The summed E-state index contributed by atoms with van der Waals surface area (Å²) < 4.78 is 4.82. The SMILES string of the molecule is CCn1c2ccccc2c2cc(-c3ccc(-c4ccc(-c5c6cc(C)c(C)cc6c(-c6ccc(-c7ccccc7)cc6)c6cc(C)c(C)cc56)cc4)cc3)ccc21.CCn1c2ccccc2c2cc(-c3ccc(-c4ccc(-c5c6cc(C)c(C)cc6c(-c6ccccc6)c6cc(C)c(C)cc56)cc4)cc3)ccc21. The van der Waals surface area contributed by atoms with Gasteiger partial charge in [-0.2, -0.15) is 0 Å². The molecule has 2 heteroatoms. The number of rotatable bonds is 11. The van der Waals surface area contributed by atoms with Crippen LogP contribution in [0.25, 0.3) is 187 Å². The lowest BCUT2D eigenvalue weighted by atomic mass is 9.83. The average Bonchev–Trinajstić information content (AvgIpc) is 1.15. The normalized spacial score (nSPS) is 11.7. The molecule has 108 heavy (non-hydrogen) atoms. The minimum absolute atomic E-state index is 0.956. The molecule has 2 heterocycles. The van der Waals surface area contributed by atoms with Crippen molar-refractivity contribution in [2.24, 2.45) is 0 Å². The van der Waals surface area contributed by atoms with Crippen LogP contribution in [0.15, 0.2) is 315 Å². The molecule has 520 valence electrons. The van der Waals surface area contributed by atoms with Crippen molar-refractivity contribution in [3.05, 3.63) is 360 Å². The maximum atomic E-state index is 2.42. The molecule has 0 unspecified atom stereocenters. The van der Waals surface area contributed by atoms with Gasteiger partial charge in [-0.05, 0) is 293 Å². The average molecular weight is 1390 g/mol. The van der Waals surface area contributed by atoms with Crippen molar-refractivity contribution in [1.82, 2.24) is 9.13 Å². The summed E-state index contributed by atoms with van der Waals surface area (Å²) >= 11 is 0. The molecule has 0 aliphatic rings. The molecule has 0 saturated heterocycles. The summed E-state index contributed by atoms with van der Waals surface area (Å²) in [7, 11) is 0. The number of aryl methyl sites for hydroxylation is 10. The monoisotopic (exact) mass is 1390 g/mol. The molecule has 19 rings (SSSR count).